The molecule has 2 aromatic carbocycles. The first-order valence-corrected chi connectivity index (χ1v) is 12.1. The van der Waals surface area contributed by atoms with Gasteiger partial charge < -0.3 is 20.1 Å². The molecule has 0 aliphatic rings. The molecule has 0 fully saturated rings. The molecule has 34 heavy (non-hydrogen) atoms. The van der Waals surface area contributed by atoms with Crippen LogP contribution in [0, 0.1) is 0 Å². The molecule has 0 radical (unpaired) electrons. The molecule has 0 aliphatic heterocycles. The molecule has 0 spiro atoms. The number of amides is 2. The molecule has 0 saturated carbocycles. The molecule has 2 amide bonds. The fourth-order valence-electron chi connectivity index (χ4n) is 2.76. The first-order chi connectivity index (χ1) is 16.0. The van der Waals surface area contributed by atoms with E-state index >= 15 is 0 Å². The van der Waals surface area contributed by atoms with E-state index < -0.39 is 40.5 Å². The van der Waals surface area contributed by atoms with Crippen molar-refractivity contribution in [1.82, 2.24) is 10.0 Å². The Morgan fingerprint density at radius 3 is 2.12 bits per heavy atom. The monoisotopic (exact) mass is 491 g/mol. The van der Waals surface area contributed by atoms with Crippen molar-refractivity contribution in [1.29, 1.82) is 0 Å². The van der Waals surface area contributed by atoms with Crippen LogP contribution in [0.15, 0.2) is 53.4 Å². The second-order valence-electron chi connectivity index (χ2n) is 7.56. The molecule has 0 saturated heterocycles. The minimum absolute atomic E-state index is 0.0574. The minimum atomic E-state index is -3.65. The number of rotatable bonds is 11. The Kier molecular flexibility index (Phi) is 9.58. The lowest BCUT2D eigenvalue weighted by molar-refractivity contribution is -0.152. The fourth-order valence-corrected chi connectivity index (χ4v) is 4.01. The number of carbonyl (C=O) groups is 3. The highest BCUT2D eigenvalue weighted by atomic mass is 32.2. The SMILES string of the molecule is CCOc1ccc(C(=O)NCC(=O)OC(C)C(=O)Nc2ccc(S(=O)(=O)NC(C)C)cc2)cc1. The maximum Gasteiger partial charge on any atom is 0.326 e. The first kappa shape index (κ1) is 26.8. The van der Waals surface area contributed by atoms with Crippen LogP contribution in [0.2, 0.25) is 0 Å². The average Bonchev–Trinajstić information content (AvgIpc) is 2.77. The van der Waals surface area contributed by atoms with E-state index in [9.17, 15) is 22.8 Å². The van der Waals surface area contributed by atoms with Crippen molar-refractivity contribution in [3.05, 3.63) is 54.1 Å². The summed E-state index contributed by atoms with van der Waals surface area (Å²) in [7, 11) is -3.65. The van der Waals surface area contributed by atoms with E-state index in [-0.39, 0.29) is 10.9 Å². The van der Waals surface area contributed by atoms with Gasteiger partial charge in [0.05, 0.1) is 11.5 Å². The van der Waals surface area contributed by atoms with Crippen LogP contribution in [0.25, 0.3) is 0 Å². The van der Waals surface area contributed by atoms with Gasteiger partial charge in [0.2, 0.25) is 10.0 Å². The Bertz CT molecular complexity index is 1100. The zero-order valence-electron chi connectivity index (χ0n) is 19.5. The number of nitrogens with one attached hydrogen (secondary N) is 3. The number of anilines is 1. The molecule has 0 heterocycles. The van der Waals surface area contributed by atoms with Crippen LogP contribution in [0.1, 0.15) is 38.1 Å². The minimum Gasteiger partial charge on any atom is -0.494 e. The van der Waals surface area contributed by atoms with Crippen LogP contribution in [-0.2, 0) is 24.3 Å². The van der Waals surface area contributed by atoms with E-state index in [0.717, 1.165) is 0 Å². The standard InChI is InChI=1S/C23H29N3O7S/c1-5-32-19-10-6-17(7-11-19)23(29)24-14-21(27)33-16(4)22(28)25-18-8-12-20(13-9-18)34(30,31)26-15(2)3/h6-13,15-16,26H,5,14H2,1-4H3,(H,24,29)(H,25,28). The van der Waals surface area contributed by atoms with E-state index in [4.69, 9.17) is 9.47 Å². The number of ether oxygens (including phenoxy) is 2. The third-order valence-corrected chi connectivity index (χ3v) is 6.00. The highest BCUT2D eigenvalue weighted by Crippen LogP contribution is 2.15. The van der Waals surface area contributed by atoms with Crippen LogP contribution in [0.3, 0.4) is 0 Å². The lowest BCUT2D eigenvalue weighted by Crippen LogP contribution is -2.35. The van der Waals surface area contributed by atoms with E-state index in [1.165, 1.54) is 31.2 Å². The van der Waals surface area contributed by atoms with Crippen molar-refractivity contribution >= 4 is 33.5 Å². The second-order valence-corrected chi connectivity index (χ2v) is 9.28. The van der Waals surface area contributed by atoms with Gasteiger partial charge in [0, 0.05) is 17.3 Å². The van der Waals surface area contributed by atoms with E-state index in [0.29, 0.717) is 23.6 Å². The predicted octanol–water partition coefficient (Wildman–Crippen LogP) is 2.07. The summed E-state index contributed by atoms with van der Waals surface area (Å²) in [5.41, 5.74) is 0.677. The Morgan fingerprint density at radius 1 is 0.941 bits per heavy atom. The number of sulfonamides is 1. The van der Waals surface area contributed by atoms with Gasteiger partial charge in [-0.15, -0.1) is 0 Å². The Balaban J connectivity index is 1.83. The number of benzene rings is 2. The molecular formula is C23H29N3O7S. The van der Waals surface area contributed by atoms with E-state index in [1.807, 2.05) is 6.92 Å². The molecular weight excluding hydrogens is 462 g/mol. The van der Waals surface area contributed by atoms with Crippen molar-refractivity contribution in [3.63, 3.8) is 0 Å². The van der Waals surface area contributed by atoms with Crippen molar-refractivity contribution in [2.24, 2.45) is 0 Å². The van der Waals surface area contributed by atoms with Gasteiger partial charge in [-0.1, -0.05) is 0 Å². The van der Waals surface area contributed by atoms with Crippen LogP contribution in [0.5, 0.6) is 5.75 Å². The van der Waals surface area contributed by atoms with Gasteiger partial charge in [-0.2, -0.15) is 0 Å². The van der Waals surface area contributed by atoms with E-state index in [2.05, 4.69) is 15.4 Å². The Labute approximate surface area is 199 Å². The van der Waals surface area contributed by atoms with Crippen LogP contribution >= 0.6 is 0 Å². The maximum absolute atomic E-state index is 12.3. The summed E-state index contributed by atoms with van der Waals surface area (Å²) in [5.74, 6) is -1.24. The Hall–Kier alpha value is -3.44. The Morgan fingerprint density at radius 2 is 1.56 bits per heavy atom. The van der Waals surface area contributed by atoms with E-state index in [1.54, 1.807) is 38.1 Å². The third kappa shape index (κ3) is 8.16. The van der Waals surface area contributed by atoms with Gasteiger partial charge in [0.25, 0.3) is 11.8 Å². The molecule has 1 unspecified atom stereocenters. The third-order valence-electron chi connectivity index (χ3n) is 4.32. The highest BCUT2D eigenvalue weighted by molar-refractivity contribution is 7.89. The lowest BCUT2D eigenvalue weighted by atomic mass is 10.2. The molecule has 1 atom stereocenters. The quantitative estimate of drug-likeness (QED) is 0.409. The summed E-state index contributed by atoms with van der Waals surface area (Å²) in [5, 5.41) is 4.97. The first-order valence-electron chi connectivity index (χ1n) is 10.7. The van der Waals surface area contributed by atoms with Gasteiger partial charge >= 0.3 is 5.97 Å². The number of carbonyl (C=O) groups excluding carboxylic acids is 3. The number of hydrogen-bond donors (Lipinski definition) is 3. The molecule has 11 heteroatoms. The summed E-state index contributed by atoms with van der Waals surface area (Å²) in [6.45, 7) is 6.74. The highest BCUT2D eigenvalue weighted by Gasteiger charge is 2.20. The molecule has 184 valence electrons. The fraction of sp³-hybridized carbons (Fsp3) is 0.348. The summed E-state index contributed by atoms with van der Waals surface area (Å²) in [4.78, 5) is 36.5. The smallest absolute Gasteiger partial charge is 0.326 e. The van der Waals surface area contributed by atoms with Gasteiger partial charge in [-0.3, -0.25) is 14.4 Å². The van der Waals surface area contributed by atoms with Crippen LogP contribution in [-0.4, -0.2) is 51.5 Å². The maximum atomic E-state index is 12.3. The summed E-state index contributed by atoms with van der Waals surface area (Å²) < 4.78 is 37.1. The van der Waals surface area contributed by atoms with Crippen molar-refractivity contribution in [3.8, 4) is 5.75 Å². The lowest BCUT2D eigenvalue weighted by Gasteiger charge is -2.14. The number of hydrogen-bond acceptors (Lipinski definition) is 7. The van der Waals surface area contributed by atoms with Crippen LogP contribution < -0.4 is 20.1 Å². The second kappa shape index (κ2) is 12.1. The van der Waals surface area contributed by atoms with Crippen molar-refractivity contribution in [2.75, 3.05) is 18.5 Å². The topological polar surface area (TPSA) is 140 Å². The summed E-state index contributed by atoms with van der Waals surface area (Å²) in [6, 6.07) is 11.7. The van der Waals surface area contributed by atoms with Crippen LogP contribution in [0.4, 0.5) is 5.69 Å². The molecule has 2 aromatic rings. The van der Waals surface area contributed by atoms with Gasteiger partial charge in [-0.25, -0.2) is 13.1 Å². The van der Waals surface area contributed by atoms with Crippen molar-refractivity contribution in [2.45, 2.75) is 44.7 Å². The van der Waals surface area contributed by atoms with Crippen molar-refractivity contribution < 1.29 is 32.3 Å². The molecule has 10 nitrogen and oxygen atoms in total. The summed E-state index contributed by atoms with van der Waals surface area (Å²) in [6.07, 6.45) is -1.14. The molecule has 2 rings (SSSR count). The summed E-state index contributed by atoms with van der Waals surface area (Å²) >= 11 is 0. The predicted molar refractivity (Wildman–Crippen MR) is 126 cm³/mol. The number of esters is 1. The zero-order chi connectivity index (χ0) is 25.3. The van der Waals surface area contributed by atoms with Gasteiger partial charge in [0.15, 0.2) is 6.10 Å². The molecule has 0 aliphatic carbocycles. The zero-order valence-corrected chi connectivity index (χ0v) is 20.3. The average molecular weight is 492 g/mol. The largest absolute Gasteiger partial charge is 0.494 e. The molecule has 0 bridgehead atoms. The molecule has 0 aromatic heterocycles. The molecule has 3 N–H and O–H groups in total. The normalized spacial score (nSPS) is 12.0. The van der Waals surface area contributed by atoms with Gasteiger partial charge in [0.1, 0.15) is 12.3 Å². The van der Waals surface area contributed by atoms with Gasteiger partial charge in [-0.05, 0) is 76.2 Å².